The molecule has 0 aromatic carbocycles. The molecule has 0 amide bonds. The molecule has 0 aromatic rings. The zero-order chi connectivity index (χ0) is 19.3. The van der Waals surface area contributed by atoms with Gasteiger partial charge >= 0.3 is 0 Å². The molecule has 2 nitrogen and oxygen atoms in total. The van der Waals surface area contributed by atoms with Crippen molar-refractivity contribution < 1.29 is 8.97 Å². The third kappa shape index (κ3) is 4.07. The number of piperidine rings is 2. The molecule has 4 fully saturated rings. The van der Waals surface area contributed by atoms with E-state index in [0.717, 1.165) is 18.2 Å². The molecule has 0 aromatic heterocycles. The predicted molar refractivity (Wildman–Crippen MR) is 120 cm³/mol. The van der Waals surface area contributed by atoms with E-state index < -0.39 is 0 Å². The van der Waals surface area contributed by atoms with Gasteiger partial charge in [-0.2, -0.15) is 0 Å². The van der Waals surface area contributed by atoms with Crippen LogP contribution in [-0.2, 0) is 0 Å². The fourth-order valence-electron chi connectivity index (χ4n) is 8.44. The number of rotatable bonds is 6. The van der Waals surface area contributed by atoms with Crippen molar-refractivity contribution in [2.75, 3.05) is 26.2 Å². The second-order valence-corrected chi connectivity index (χ2v) is 11.1. The van der Waals surface area contributed by atoms with Crippen LogP contribution in [0.5, 0.6) is 0 Å². The Morgan fingerprint density at radius 3 is 1.25 bits per heavy atom. The highest BCUT2D eigenvalue weighted by atomic mass is 15.6. The lowest BCUT2D eigenvalue weighted by molar-refractivity contribution is -1.16. The van der Waals surface area contributed by atoms with Gasteiger partial charge in [0.05, 0.1) is 44.7 Å². The van der Waals surface area contributed by atoms with E-state index in [4.69, 9.17) is 0 Å². The van der Waals surface area contributed by atoms with E-state index >= 15 is 0 Å². The highest BCUT2D eigenvalue weighted by Crippen LogP contribution is 2.44. The molecule has 0 unspecified atom stereocenters. The fraction of sp³-hybridized carbons (Fsp3) is 1.00. The largest absolute Gasteiger partial charge is 0.272 e. The van der Waals surface area contributed by atoms with Gasteiger partial charge in [-0.3, -0.25) is 8.97 Å². The lowest BCUT2D eigenvalue weighted by atomic mass is 9.84. The molecule has 0 N–H and O–H groups in total. The zero-order valence-corrected chi connectivity index (χ0v) is 19.2. The van der Waals surface area contributed by atoms with Gasteiger partial charge in [0.15, 0.2) is 0 Å². The molecular formula is C26H50N2+2. The topological polar surface area (TPSA) is 0 Å². The van der Waals surface area contributed by atoms with Crippen LogP contribution in [0.4, 0.5) is 0 Å². The van der Waals surface area contributed by atoms with Gasteiger partial charge in [0.1, 0.15) is 0 Å². The summed E-state index contributed by atoms with van der Waals surface area (Å²) in [5.74, 6) is 0. The summed E-state index contributed by atoms with van der Waals surface area (Å²) in [6.07, 6.45) is 28.2. The van der Waals surface area contributed by atoms with E-state index in [1.165, 1.54) is 116 Å². The van der Waals surface area contributed by atoms with Gasteiger partial charge in [0.2, 0.25) is 6.17 Å². The molecule has 28 heavy (non-hydrogen) atoms. The van der Waals surface area contributed by atoms with Crippen LogP contribution < -0.4 is 0 Å². The Bertz CT molecular complexity index is 409. The lowest BCUT2D eigenvalue weighted by Gasteiger charge is -2.61. The van der Waals surface area contributed by atoms with E-state index in [9.17, 15) is 0 Å². The Hall–Kier alpha value is -0.0800. The van der Waals surface area contributed by atoms with Crippen LogP contribution in [0, 0.1) is 0 Å². The third-order valence-electron chi connectivity index (χ3n) is 9.64. The van der Waals surface area contributed by atoms with Gasteiger partial charge < -0.3 is 0 Å². The quantitative estimate of drug-likeness (QED) is 0.438. The fourth-order valence-corrected chi connectivity index (χ4v) is 8.44. The lowest BCUT2D eigenvalue weighted by Crippen LogP contribution is -2.77. The van der Waals surface area contributed by atoms with E-state index in [0.29, 0.717) is 0 Å². The normalized spacial score (nSPS) is 29.8. The van der Waals surface area contributed by atoms with Crippen LogP contribution >= 0.6 is 0 Å². The van der Waals surface area contributed by atoms with E-state index in [1.54, 1.807) is 34.6 Å². The molecule has 2 saturated heterocycles. The minimum atomic E-state index is 0.941. The molecule has 2 heteroatoms. The predicted octanol–water partition coefficient (Wildman–Crippen LogP) is 6.78. The third-order valence-corrected chi connectivity index (χ3v) is 9.64. The Balaban J connectivity index is 1.71. The molecule has 2 heterocycles. The summed E-state index contributed by atoms with van der Waals surface area (Å²) >= 11 is 0. The second-order valence-electron chi connectivity index (χ2n) is 11.1. The first kappa shape index (κ1) is 21.2. The molecule has 2 aliphatic carbocycles. The maximum absolute atomic E-state index is 2.50. The molecule has 0 spiro atoms. The molecule has 0 atom stereocenters. The summed E-state index contributed by atoms with van der Waals surface area (Å²) < 4.78 is 3.15. The zero-order valence-electron chi connectivity index (χ0n) is 19.2. The van der Waals surface area contributed by atoms with Crippen molar-refractivity contribution in [1.29, 1.82) is 0 Å². The molecule has 0 radical (unpaired) electrons. The molecular weight excluding hydrogens is 340 g/mol. The molecule has 2 saturated carbocycles. The summed E-state index contributed by atoms with van der Waals surface area (Å²) in [7, 11) is 0. The van der Waals surface area contributed by atoms with Crippen molar-refractivity contribution >= 4 is 0 Å². The van der Waals surface area contributed by atoms with Crippen LogP contribution in [0.1, 0.15) is 122 Å². The molecule has 0 bridgehead atoms. The van der Waals surface area contributed by atoms with Crippen LogP contribution in [0.2, 0.25) is 0 Å². The van der Waals surface area contributed by atoms with Crippen molar-refractivity contribution in [3.05, 3.63) is 0 Å². The van der Waals surface area contributed by atoms with Crippen LogP contribution in [0.25, 0.3) is 0 Å². The average molecular weight is 391 g/mol. The van der Waals surface area contributed by atoms with Crippen molar-refractivity contribution in [1.82, 2.24) is 0 Å². The molecule has 4 aliphatic rings. The van der Waals surface area contributed by atoms with Gasteiger partial charge in [-0.1, -0.05) is 19.8 Å². The SMILES string of the molecule is CCCC([N+]1(C2CCCCC2)CCCCC1)[N+]1(C2CCCCC2)CCCCC1. The van der Waals surface area contributed by atoms with Crippen LogP contribution in [0.3, 0.4) is 0 Å². The smallest absolute Gasteiger partial charge is 0.217 e. The first-order chi connectivity index (χ1) is 13.8. The van der Waals surface area contributed by atoms with Crippen molar-refractivity contribution in [3.8, 4) is 0 Å². The minimum Gasteiger partial charge on any atom is -0.272 e. The monoisotopic (exact) mass is 390 g/mol. The Morgan fingerprint density at radius 2 is 0.893 bits per heavy atom. The van der Waals surface area contributed by atoms with Crippen LogP contribution in [-0.4, -0.2) is 53.4 Å². The van der Waals surface area contributed by atoms with Gasteiger partial charge in [-0.25, -0.2) is 0 Å². The highest BCUT2D eigenvalue weighted by molar-refractivity contribution is 4.77. The van der Waals surface area contributed by atoms with Gasteiger partial charge in [0, 0.05) is 0 Å². The van der Waals surface area contributed by atoms with E-state index in [2.05, 4.69) is 6.92 Å². The van der Waals surface area contributed by atoms with Crippen LogP contribution in [0.15, 0.2) is 0 Å². The Morgan fingerprint density at radius 1 is 0.536 bits per heavy atom. The van der Waals surface area contributed by atoms with Crippen molar-refractivity contribution in [3.63, 3.8) is 0 Å². The summed E-state index contributed by atoms with van der Waals surface area (Å²) in [6, 6.07) is 2.01. The Labute approximate surface area is 176 Å². The van der Waals surface area contributed by atoms with E-state index in [1.807, 2.05) is 0 Å². The number of likely N-dealkylation sites (tertiary alicyclic amines) is 2. The van der Waals surface area contributed by atoms with Gasteiger partial charge in [-0.05, 0) is 96.3 Å². The summed E-state index contributed by atoms with van der Waals surface area (Å²) in [5, 5.41) is 0. The minimum absolute atomic E-state index is 0.941. The maximum atomic E-state index is 2.50. The number of hydrogen-bond donors (Lipinski definition) is 0. The second kappa shape index (κ2) is 9.82. The number of hydrogen-bond acceptors (Lipinski definition) is 0. The Kier molecular flexibility index (Phi) is 7.42. The highest BCUT2D eigenvalue weighted by Gasteiger charge is 2.57. The summed E-state index contributed by atoms with van der Waals surface area (Å²) in [6.45, 7) is 8.61. The summed E-state index contributed by atoms with van der Waals surface area (Å²) in [4.78, 5) is 0. The average Bonchev–Trinajstić information content (AvgIpc) is 2.79. The number of quaternary nitrogens is 2. The van der Waals surface area contributed by atoms with Gasteiger partial charge in [-0.15, -0.1) is 0 Å². The first-order valence-electron chi connectivity index (χ1n) is 13.5. The van der Waals surface area contributed by atoms with Crippen molar-refractivity contribution in [2.45, 2.75) is 141 Å². The summed E-state index contributed by atoms with van der Waals surface area (Å²) in [5.41, 5.74) is 0. The van der Waals surface area contributed by atoms with E-state index in [-0.39, 0.29) is 0 Å². The molecule has 2 aliphatic heterocycles. The van der Waals surface area contributed by atoms with Crippen molar-refractivity contribution in [2.24, 2.45) is 0 Å². The molecule has 4 rings (SSSR count). The first-order valence-corrected chi connectivity index (χ1v) is 13.5. The maximum Gasteiger partial charge on any atom is 0.217 e. The van der Waals surface area contributed by atoms with Gasteiger partial charge in [0.25, 0.3) is 0 Å². The standard InChI is InChI=1S/C26H50N2/c1-2-15-26(27(20-11-5-12-21-27)24-16-7-3-8-17-24)28(22-13-6-14-23-28)25-18-9-4-10-19-25/h24-26H,2-23H2,1H3/q+2. The number of nitrogens with zero attached hydrogens (tertiary/aromatic N) is 2. The molecule has 162 valence electrons.